The predicted octanol–water partition coefficient (Wildman–Crippen LogP) is 1.63. The molecule has 0 saturated carbocycles. The molecule has 0 radical (unpaired) electrons. The fraction of sp³-hybridized carbons (Fsp3) is 0.500. The third-order valence-corrected chi connectivity index (χ3v) is 6.23. The summed E-state index contributed by atoms with van der Waals surface area (Å²) in [4.78, 5) is 27.9. The van der Waals surface area contributed by atoms with Gasteiger partial charge in [-0.25, -0.2) is 4.98 Å². The molecule has 5 rings (SSSR count). The van der Waals surface area contributed by atoms with Crippen molar-refractivity contribution in [1.82, 2.24) is 24.7 Å². The van der Waals surface area contributed by atoms with E-state index in [9.17, 15) is 4.79 Å². The van der Waals surface area contributed by atoms with Crippen molar-refractivity contribution in [2.75, 3.05) is 46.1 Å². The highest BCUT2D eigenvalue weighted by molar-refractivity contribution is 5.92. The summed E-state index contributed by atoms with van der Waals surface area (Å²) in [6.07, 6.45) is 6.91. The van der Waals surface area contributed by atoms with Crippen LogP contribution in [0.2, 0.25) is 0 Å². The monoisotopic (exact) mass is 409 g/mol. The number of rotatable bonds is 4. The zero-order chi connectivity index (χ0) is 20.3. The van der Waals surface area contributed by atoms with Crippen LogP contribution in [0.4, 0.5) is 0 Å². The van der Waals surface area contributed by atoms with Gasteiger partial charge in [-0.3, -0.25) is 19.6 Å². The molecule has 1 atom stereocenters. The molecule has 1 amide bonds. The van der Waals surface area contributed by atoms with E-state index in [1.807, 2.05) is 11.0 Å². The Labute approximate surface area is 176 Å². The molecule has 2 aromatic rings. The predicted molar refractivity (Wildman–Crippen MR) is 110 cm³/mol. The van der Waals surface area contributed by atoms with Crippen molar-refractivity contribution in [3.05, 3.63) is 48.0 Å². The van der Waals surface area contributed by atoms with Gasteiger partial charge >= 0.3 is 0 Å². The molecular weight excluding hydrogens is 382 g/mol. The smallest absolute Gasteiger partial charge is 0.274 e. The number of piperazine rings is 1. The lowest BCUT2D eigenvalue weighted by Crippen LogP contribution is -2.55. The maximum Gasteiger partial charge on any atom is 0.274 e. The Balaban J connectivity index is 1.14. The largest absolute Gasteiger partial charge is 0.454 e. The minimum Gasteiger partial charge on any atom is -0.454 e. The average molecular weight is 409 g/mol. The summed E-state index contributed by atoms with van der Waals surface area (Å²) in [7, 11) is 0. The lowest BCUT2D eigenvalue weighted by Gasteiger charge is -2.43. The molecule has 158 valence electrons. The summed E-state index contributed by atoms with van der Waals surface area (Å²) >= 11 is 0. The number of fused-ring (bicyclic) bond motifs is 1. The molecular formula is C22H27N5O3. The maximum atomic E-state index is 12.7. The highest BCUT2D eigenvalue weighted by Gasteiger charge is 2.30. The van der Waals surface area contributed by atoms with E-state index in [0.29, 0.717) is 18.5 Å². The molecule has 2 saturated heterocycles. The molecule has 0 bridgehead atoms. The van der Waals surface area contributed by atoms with Crippen LogP contribution < -0.4 is 9.47 Å². The second-order valence-corrected chi connectivity index (χ2v) is 8.14. The van der Waals surface area contributed by atoms with Crippen molar-refractivity contribution >= 4 is 5.91 Å². The quantitative estimate of drug-likeness (QED) is 0.760. The van der Waals surface area contributed by atoms with Gasteiger partial charge < -0.3 is 14.4 Å². The van der Waals surface area contributed by atoms with Crippen molar-refractivity contribution in [2.24, 2.45) is 0 Å². The van der Waals surface area contributed by atoms with Gasteiger partial charge in [-0.1, -0.05) is 6.07 Å². The lowest BCUT2D eigenvalue weighted by atomic mass is 10.0. The van der Waals surface area contributed by atoms with E-state index in [1.165, 1.54) is 5.56 Å². The molecule has 0 spiro atoms. The highest BCUT2D eigenvalue weighted by atomic mass is 16.7. The Bertz CT molecular complexity index is 886. The molecule has 1 aromatic heterocycles. The van der Waals surface area contributed by atoms with E-state index >= 15 is 0 Å². The zero-order valence-electron chi connectivity index (χ0n) is 17.1. The molecule has 1 unspecified atom stereocenters. The van der Waals surface area contributed by atoms with Gasteiger partial charge in [0.25, 0.3) is 5.91 Å². The van der Waals surface area contributed by atoms with Crippen LogP contribution in [0.3, 0.4) is 0 Å². The van der Waals surface area contributed by atoms with E-state index in [-0.39, 0.29) is 5.91 Å². The number of carbonyl (C=O) groups excluding carboxylic acids is 1. The van der Waals surface area contributed by atoms with E-state index in [4.69, 9.17) is 9.47 Å². The molecule has 0 N–H and O–H groups in total. The number of nitrogens with zero attached hydrogens (tertiary/aromatic N) is 5. The molecule has 30 heavy (non-hydrogen) atoms. The Kier molecular flexibility index (Phi) is 5.50. The van der Waals surface area contributed by atoms with Gasteiger partial charge in [0.15, 0.2) is 11.5 Å². The van der Waals surface area contributed by atoms with Crippen molar-refractivity contribution in [1.29, 1.82) is 0 Å². The van der Waals surface area contributed by atoms with Crippen molar-refractivity contribution in [3.8, 4) is 11.5 Å². The van der Waals surface area contributed by atoms with Gasteiger partial charge in [0, 0.05) is 64.2 Å². The average Bonchev–Trinajstić information content (AvgIpc) is 3.28. The minimum atomic E-state index is -0.00533. The van der Waals surface area contributed by atoms with Crippen LogP contribution in [0.1, 0.15) is 28.9 Å². The van der Waals surface area contributed by atoms with E-state index < -0.39 is 0 Å². The van der Waals surface area contributed by atoms with Crippen molar-refractivity contribution < 1.29 is 14.3 Å². The van der Waals surface area contributed by atoms with E-state index in [1.54, 1.807) is 18.6 Å². The Morgan fingerprint density at radius 3 is 2.77 bits per heavy atom. The first kappa shape index (κ1) is 19.3. The Morgan fingerprint density at radius 1 is 1.07 bits per heavy atom. The number of hydrogen-bond donors (Lipinski definition) is 0. The number of amides is 1. The van der Waals surface area contributed by atoms with Gasteiger partial charge in [-0.05, 0) is 30.5 Å². The first-order chi connectivity index (χ1) is 14.8. The number of aromatic nitrogens is 2. The summed E-state index contributed by atoms with van der Waals surface area (Å²) in [5.74, 6) is 1.68. The number of ether oxygens (including phenoxy) is 2. The second-order valence-electron chi connectivity index (χ2n) is 8.14. The summed E-state index contributed by atoms with van der Waals surface area (Å²) in [5, 5.41) is 0. The van der Waals surface area contributed by atoms with Gasteiger partial charge in [0.1, 0.15) is 5.69 Å². The molecule has 3 aliphatic heterocycles. The highest BCUT2D eigenvalue weighted by Crippen LogP contribution is 2.33. The fourth-order valence-corrected chi connectivity index (χ4v) is 4.59. The van der Waals surface area contributed by atoms with Crippen LogP contribution in [-0.4, -0.2) is 82.7 Å². The standard InChI is InChI=1S/C22H27N5O3/c28-22(19-13-23-5-6-24-19)27-7-1-2-18(15-27)26-10-8-25(9-11-26)14-17-3-4-20-21(12-17)30-16-29-20/h3-6,12-13,18H,1-2,7-11,14-16H2. The van der Waals surface area contributed by atoms with Crippen LogP contribution in [-0.2, 0) is 6.54 Å². The molecule has 8 nitrogen and oxygen atoms in total. The third-order valence-electron chi connectivity index (χ3n) is 6.23. The Morgan fingerprint density at radius 2 is 1.93 bits per heavy atom. The molecule has 4 heterocycles. The van der Waals surface area contributed by atoms with E-state index in [0.717, 1.165) is 70.2 Å². The molecule has 1 aromatic carbocycles. The first-order valence-electron chi connectivity index (χ1n) is 10.7. The molecule has 0 aliphatic carbocycles. The maximum absolute atomic E-state index is 12.7. The van der Waals surface area contributed by atoms with Gasteiger partial charge in [-0.2, -0.15) is 0 Å². The zero-order valence-corrected chi connectivity index (χ0v) is 17.1. The molecule has 8 heteroatoms. The van der Waals surface area contributed by atoms with Crippen molar-refractivity contribution in [3.63, 3.8) is 0 Å². The summed E-state index contributed by atoms with van der Waals surface area (Å²) < 4.78 is 10.9. The summed E-state index contributed by atoms with van der Waals surface area (Å²) in [6.45, 7) is 6.94. The van der Waals surface area contributed by atoms with Gasteiger partial charge in [0.2, 0.25) is 6.79 Å². The van der Waals surface area contributed by atoms with Crippen LogP contribution in [0.15, 0.2) is 36.8 Å². The van der Waals surface area contributed by atoms with Gasteiger partial charge in [-0.15, -0.1) is 0 Å². The van der Waals surface area contributed by atoms with Crippen LogP contribution in [0.25, 0.3) is 0 Å². The molecule has 3 aliphatic rings. The van der Waals surface area contributed by atoms with Crippen LogP contribution >= 0.6 is 0 Å². The molecule has 2 fully saturated rings. The number of piperidine rings is 1. The minimum absolute atomic E-state index is 0.00533. The number of carbonyl (C=O) groups is 1. The number of benzene rings is 1. The lowest BCUT2D eigenvalue weighted by molar-refractivity contribution is 0.0404. The summed E-state index contributed by atoms with van der Waals surface area (Å²) in [5.41, 5.74) is 1.69. The SMILES string of the molecule is O=C(c1cnccn1)N1CCCC(N2CCN(Cc3ccc4c(c3)OCO4)CC2)C1. The Hall–Kier alpha value is -2.71. The van der Waals surface area contributed by atoms with Crippen LogP contribution in [0.5, 0.6) is 11.5 Å². The van der Waals surface area contributed by atoms with Crippen molar-refractivity contribution in [2.45, 2.75) is 25.4 Å². The fourth-order valence-electron chi connectivity index (χ4n) is 4.59. The summed E-state index contributed by atoms with van der Waals surface area (Å²) in [6, 6.07) is 6.63. The second kappa shape index (κ2) is 8.57. The van der Waals surface area contributed by atoms with Gasteiger partial charge in [0.05, 0.1) is 6.20 Å². The van der Waals surface area contributed by atoms with E-state index in [2.05, 4.69) is 31.9 Å². The number of hydrogen-bond acceptors (Lipinski definition) is 7. The third kappa shape index (κ3) is 4.11. The van der Waals surface area contributed by atoms with Crippen LogP contribution in [0, 0.1) is 0 Å². The number of likely N-dealkylation sites (tertiary alicyclic amines) is 1. The normalized spacial score (nSPS) is 22.3. The first-order valence-corrected chi connectivity index (χ1v) is 10.7. The topological polar surface area (TPSA) is 71.0 Å².